The first kappa shape index (κ1) is 12.4. The van der Waals surface area contributed by atoms with Gasteiger partial charge in [0, 0.05) is 19.2 Å². The Labute approximate surface area is 93.1 Å². The number of rotatable bonds is 6. The van der Waals surface area contributed by atoms with E-state index in [1.165, 1.54) is 6.07 Å². The topological polar surface area (TPSA) is 87.6 Å². The van der Waals surface area contributed by atoms with Gasteiger partial charge in [-0.25, -0.2) is 0 Å². The summed E-state index contributed by atoms with van der Waals surface area (Å²) in [6, 6.07) is 4.53. The Morgan fingerprint density at radius 2 is 2.25 bits per heavy atom. The Kier molecular flexibility index (Phi) is 4.68. The fourth-order valence-corrected chi connectivity index (χ4v) is 1.14. The fourth-order valence-electron chi connectivity index (χ4n) is 1.14. The minimum absolute atomic E-state index is 0.00857. The third-order valence-electron chi connectivity index (χ3n) is 1.96. The molecule has 0 aliphatic rings. The summed E-state index contributed by atoms with van der Waals surface area (Å²) in [6.45, 7) is 2.60. The van der Waals surface area contributed by atoms with Crippen molar-refractivity contribution in [1.29, 1.82) is 0 Å². The number of benzene rings is 1. The summed E-state index contributed by atoms with van der Waals surface area (Å²) >= 11 is 0. The van der Waals surface area contributed by atoms with E-state index >= 15 is 0 Å². The summed E-state index contributed by atoms with van der Waals surface area (Å²) < 4.78 is 10.1. The van der Waals surface area contributed by atoms with Crippen molar-refractivity contribution in [3.8, 4) is 5.75 Å². The van der Waals surface area contributed by atoms with Crippen LogP contribution in [0.2, 0.25) is 0 Å². The zero-order valence-electron chi connectivity index (χ0n) is 9.01. The van der Waals surface area contributed by atoms with Crippen molar-refractivity contribution in [2.75, 3.05) is 13.4 Å². The highest BCUT2D eigenvalue weighted by atomic mass is 16.7. The van der Waals surface area contributed by atoms with Gasteiger partial charge in [-0.15, -0.1) is 0 Å². The molecule has 1 aromatic rings. The molecule has 0 bridgehead atoms. The van der Waals surface area contributed by atoms with Crippen LogP contribution in [-0.2, 0) is 11.3 Å². The predicted octanol–water partition coefficient (Wildman–Crippen LogP) is 1.43. The van der Waals surface area contributed by atoms with Crippen molar-refractivity contribution in [2.24, 2.45) is 5.73 Å². The van der Waals surface area contributed by atoms with E-state index in [0.29, 0.717) is 13.2 Å². The van der Waals surface area contributed by atoms with Gasteiger partial charge in [0.15, 0.2) is 12.5 Å². The standard InChI is InChI=1S/C10H14N2O4/c1-2-15-7-16-10-5-8(6-11)3-4-9(10)12(13)14/h3-5H,2,6-7,11H2,1H3. The number of nitrogens with zero attached hydrogens (tertiary/aromatic N) is 1. The number of hydrogen-bond acceptors (Lipinski definition) is 5. The van der Waals surface area contributed by atoms with Crippen LogP contribution in [0.3, 0.4) is 0 Å². The Bertz CT molecular complexity index is 368. The van der Waals surface area contributed by atoms with Crippen LogP contribution in [0.1, 0.15) is 12.5 Å². The van der Waals surface area contributed by atoms with E-state index in [1.54, 1.807) is 12.1 Å². The average Bonchev–Trinajstić information content (AvgIpc) is 2.29. The largest absolute Gasteiger partial charge is 0.460 e. The van der Waals surface area contributed by atoms with Gasteiger partial charge in [-0.05, 0) is 18.6 Å². The molecule has 0 aromatic heterocycles. The van der Waals surface area contributed by atoms with Crippen LogP contribution >= 0.6 is 0 Å². The number of ether oxygens (including phenoxy) is 2. The Morgan fingerprint density at radius 1 is 1.50 bits per heavy atom. The molecule has 0 unspecified atom stereocenters. The molecule has 0 aliphatic carbocycles. The van der Waals surface area contributed by atoms with Crippen LogP contribution in [0.5, 0.6) is 5.75 Å². The number of nitro benzene ring substituents is 1. The van der Waals surface area contributed by atoms with Crippen molar-refractivity contribution < 1.29 is 14.4 Å². The van der Waals surface area contributed by atoms with E-state index in [1.807, 2.05) is 6.92 Å². The van der Waals surface area contributed by atoms with Crippen molar-refractivity contribution in [3.63, 3.8) is 0 Å². The minimum atomic E-state index is -0.498. The second-order valence-electron chi connectivity index (χ2n) is 3.02. The molecule has 0 spiro atoms. The van der Waals surface area contributed by atoms with E-state index in [4.69, 9.17) is 15.2 Å². The van der Waals surface area contributed by atoms with Crippen LogP contribution in [0, 0.1) is 10.1 Å². The van der Waals surface area contributed by atoms with Crippen molar-refractivity contribution >= 4 is 5.69 Å². The monoisotopic (exact) mass is 226 g/mol. The first-order valence-electron chi connectivity index (χ1n) is 4.87. The van der Waals surface area contributed by atoms with Crippen molar-refractivity contribution in [2.45, 2.75) is 13.5 Å². The molecule has 2 N–H and O–H groups in total. The van der Waals surface area contributed by atoms with E-state index in [-0.39, 0.29) is 18.2 Å². The molecule has 0 amide bonds. The molecule has 88 valence electrons. The molecule has 0 atom stereocenters. The molecule has 0 saturated heterocycles. The van der Waals surface area contributed by atoms with Gasteiger partial charge in [0.05, 0.1) is 4.92 Å². The maximum absolute atomic E-state index is 10.7. The maximum atomic E-state index is 10.7. The van der Waals surface area contributed by atoms with Gasteiger partial charge in [-0.2, -0.15) is 0 Å². The summed E-state index contributed by atoms with van der Waals surface area (Å²) in [4.78, 5) is 10.2. The number of nitrogens with two attached hydrogens (primary N) is 1. The summed E-state index contributed by atoms with van der Waals surface area (Å²) in [7, 11) is 0. The zero-order chi connectivity index (χ0) is 12.0. The average molecular weight is 226 g/mol. The van der Waals surface area contributed by atoms with Crippen LogP contribution in [0.25, 0.3) is 0 Å². The highest BCUT2D eigenvalue weighted by molar-refractivity contribution is 5.48. The summed E-state index contributed by atoms with van der Waals surface area (Å²) in [6.07, 6.45) is 0. The molecule has 0 fully saturated rings. The van der Waals surface area contributed by atoms with Gasteiger partial charge in [0.25, 0.3) is 0 Å². The number of hydrogen-bond donors (Lipinski definition) is 1. The molecule has 0 radical (unpaired) electrons. The molecular formula is C10H14N2O4. The van der Waals surface area contributed by atoms with E-state index < -0.39 is 4.92 Å². The Morgan fingerprint density at radius 3 is 2.81 bits per heavy atom. The van der Waals surface area contributed by atoms with Crippen molar-refractivity contribution in [1.82, 2.24) is 0 Å². The van der Waals surface area contributed by atoms with Gasteiger partial charge >= 0.3 is 5.69 Å². The SMILES string of the molecule is CCOCOc1cc(CN)ccc1[N+](=O)[O-]. The third-order valence-corrected chi connectivity index (χ3v) is 1.96. The second-order valence-corrected chi connectivity index (χ2v) is 3.02. The molecule has 0 aliphatic heterocycles. The Hall–Kier alpha value is -1.66. The molecule has 1 aromatic carbocycles. The molecule has 16 heavy (non-hydrogen) atoms. The molecule has 6 nitrogen and oxygen atoms in total. The van der Waals surface area contributed by atoms with Gasteiger partial charge < -0.3 is 15.2 Å². The maximum Gasteiger partial charge on any atom is 0.311 e. The molecule has 6 heteroatoms. The van der Waals surface area contributed by atoms with Gasteiger partial charge in [0.1, 0.15) is 0 Å². The summed E-state index contributed by atoms with van der Waals surface area (Å²) in [5, 5.41) is 10.7. The molecule has 0 saturated carbocycles. The van der Waals surface area contributed by atoms with Crippen LogP contribution < -0.4 is 10.5 Å². The minimum Gasteiger partial charge on any atom is -0.460 e. The lowest BCUT2D eigenvalue weighted by Gasteiger charge is -2.07. The quantitative estimate of drug-likeness (QED) is 0.343. The fraction of sp³-hybridized carbons (Fsp3) is 0.400. The van der Waals surface area contributed by atoms with Gasteiger partial charge in [0.2, 0.25) is 0 Å². The first-order valence-corrected chi connectivity index (χ1v) is 4.87. The van der Waals surface area contributed by atoms with E-state index in [0.717, 1.165) is 5.56 Å². The first-order chi connectivity index (χ1) is 7.69. The van der Waals surface area contributed by atoms with Crippen LogP contribution in [0.4, 0.5) is 5.69 Å². The highest BCUT2D eigenvalue weighted by Crippen LogP contribution is 2.27. The normalized spacial score (nSPS) is 10.1. The van der Waals surface area contributed by atoms with Gasteiger partial charge in [-0.1, -0.05) is 6.07 Å². The van der Waals surface area contributed by atoms with E-state index in [9.17, 15) is 10.1 Å². The Balaban J connectivity index is 2.87. The lowest BCUT2D eigenvalue weighted by molar-refractivity contribution is -0.386. The van der Waals surface area contributed by atoms with Gasteiger partial charge in [-0.3, -0.25) is 10.1 Å². The van der Waals surface area contributed by atoms with Crippen LogP contribution in [0.15, 0.2) is 18.2 Å². The van der Waals surface area contributed by atoms with Crippen molar-refractivity contribution in [3.05, 3.63) is 33.9 Å². The highest BCUT2D eigenvalue weighted by Gasteiger charge is 2.15. The summed E-state index contributed by atoms with van der Waals surface area (Å²) in [5.74, 6) is 0.182. The number of nitro groups is 1. The molecular weight excluding hydrogens is 212 g/mol. The lowest BCUT2D eigenvalue weighted by atomic mass is 10.2. The third kappa shape index (κ3) is 3.18. The predicted molar refractivity (Wildman–Crippen MR) is 58.1 cm³/mol. The van der Waals surface area contributed by atoms with E-state index in [2.05, 4.69) is 0 Å². The molecule has 0 heterocycles. The molecule has 1 rings (SSSR count). The zero-order valence-corrected chi connectivity index (χ0v) is 9.01. The van der Waals surface area contributed by atoms with Crippen LogP contribution in [-0.4, -0.2) is 18.3 Å². The smallest absolute Gasteiger partial charge is 0.311 e. The lowest BCUT2D eigenvalue weighted by Crippen LogP contribution is -2.05. The second kappa shape index (κ2) is 6.04. The summed E-state index contributed by atoms with van der Waals surface area (Å²) in [5.41, 5.74) is 6.13.